The summed E-state index contributed by atoms with van der Waals surface area (Å²) in [6.07, 6.45) is 1.93. The van der Waals surface area contributed by atoms with Crippen LogP contribution in [0, 0.1) is 0 Å². The zero-order valence-electron chi connectivity index (χ0n) is 11.2. The molecule has 7 heteroatoms. The monoisotopic (exact) mass is 280 g/mol. The highest BCUT2D eigenvalue weighted by molar-refractivity contribution is 5.92. The molecule has 2 amide bonds. The maximum atomic E-state index is 11.9. The lowest BCUT2D eigenvalue weighted by atomic mass is 10.2. The number of rotatable bonds is 5. The van der Waals surface area contributed by atoms with E-state index in [4.69, 9.17) is 9.52 Å². The van der Waals surface area contributed by atoms with Gasteiger partial charge in [0.05, 0.1) is 18.7 Å². The lowest BCUT2D eigenvalue weighted by Gasteiger charge is -2.33. The quantitative estimate of drug-likeness (QED) is 0.851. The molecule has 1 aromatic heterocycles. The molecular formula is C13H16N2O5. The van der Waals surface area contributed by atoms with Crippen molar-refractivity contribution in [3.05, 3.63) is 23.7 Å². The molecule has 1 aliphatic rings. The van der Waals surface area contributed by atoms with Gasteiger partial charge in [-0.05, 0) is 12.5 Å². The van der Waals surface area contributed by atoms with Gasteiger partial charge < -0.3 is 19.3 Å². The summed E-state index contributed by atoms with van der Waals surface area (Å²) in [5.41, 5.74) is 0.0309. The first-order valence-electron chi connectivity index (χ1n) is 6.37. The number of piperazine rings is 1. The van der Waals surface area contributed by atoms with Gasteiger partial charge >= 0.3 is 5.97 Å². The fraction of sp³-hybridized carbons (Fsp3) is 0.462. The van der Waals surface area contributed by atoms with E-state index in [1.54, 1.807) is 0 Å². The Morgan fingerprint density at radius 2 is 1.95 bits per heavy atom. The molecule has 0 bridgehead atoms. The van der Waals surface area contributed by atoms with Gasteiger partial charge in [0.2, 0.25) is 11.8 Å². The van der Waals surface area contributed by atoms with Crippen LogP contribution in [-0.2, 0) is 16.1 Å². The minimum atomic E-state index is -1.09. The number of carboxylic acids is 1. The fourth-order valence-electron chi connectivity index (χ4n) is 2.08. The van der Waals surface area contributed by atoms with Crippen LogP contribution in [0.5, 0.6) is 0 Å². The molecule has 2 heterocycles. The highest BCUT2D eigenvalue weighted by Gasteiger charge is 2.29. The van der Waals surface area contributed by atoms with Gasteiger partial charge in [-0.1, -0.05) is 6.92 Å². The SMILES string of the molecule is CCCN1CC(=O)N(Cc2cc(C(=O)O)co2)CC1=O. The lowest BCUT2D eigenvalue weighted by molar-refractivity contribution is -0.150. The van der Waals surface area contributed by atoms with Gasteiger partial charge in [0.1, 0.15) is 18.6 Å². The van der Waals surface area contributed by atoms with Crippen LogP contribution in [0.4, 0.5) is 0 Å². The van der Waals surface area contributed by atoms with Crippen molar-refractivity contribution in [2.75, 3.05) is 19.6 Å². The molecule has 0 atom stereocenters. The third-order valence-corrected chi connectivity index (χ3v) is 3.10. The Labute approximate surface area is 115 Å². The van der Waals surface area contributed by atoms with Gasteiger partial charge in [0.25, 0.3) is 0 Å². The average Bonchev–Trinajstić information content (AvgIpc) is 2.84. The van der Waals surface area contributed by atoms with Crippen LogP contribution in [0.3, 0.4) is 0 Å². The van der Waals surface area contributed by atoms with Crippen LogP contribution in [0.2, 0.25) is 0 Å². The number of carbonyl (C=O) groups is 3. The van der Waals surface area contributed by atoms with E-state index >= 15 is 0 Å². The second-order valence-corrected chi connectivity index (χ2v) is 4.67. The number of carbonyl (C=O) groups excluding carboxylic acids is 2. The molecular weight excluding hydrogens is 264 g/mol. The van der Waals surface area contributed by atoms with Gasteiger partial charge in [0, 0.05) is 6.54 Å². The van der Waals surface area contributed by atoms with Crippen LogP contribution in [0.25, 0.3) is 0 Å². The second kappa shape index (κ2) is 5.77. The van der Waals surface area contributed by atoms with E-state index in [2.05, 4.69) is 0 Å². The summed E-state index contributed by atoms with van der Waals surface area (Å²) in [5, 5.41) is 8.79. The number of amides is 2. The molecule has 0 radical (unpaired) electrons. The van der Waals surface area contributed by atoms with E-state index in [9.17, 15) is 14.4 Å². The van der Waals surface area contributed by atoms with E-state index in [1.165, 1.54) is 15.9 Å². The molecule has 0 aliphatic carbocycles. The van der Waals surface area contributed by atoms with Crippen LogP contribution >= 0.6 is 0 Å². The summed E-state index contributed by atoms with van der Waals surface area (Å²) in [6, 6.07) is 1.36. The van der Waals surface area contributed by atoms with E-state index in [-0.39, 0.29) is 37.0 Å². The van der Waals surface area contributed by atoms with E-state index in [0.29, 0.717) is 12.3 Å². The molecule has 0 unspecified atom stereocenters. The van der Waals surface area contributed by atoms with Gasteiger partial charge in [-0.25, -0.2) is 4.79 Å². The third-order valence-electron chi connectivity index (χ3n) is 3.10. The second-order valence-electron chi connectivity index (χ2n) is 4.67. The van der Waals surface area contributed by atoms with Crippen molar-refractivity contribution in [3.8, 4) is 0 Å². The van der Waals surface area contributed by atoms with Gasteiger partial charge in [-0.3, -0.25) is 9.59 Å². The summed E-state index contributed by atoms with van der Waals surface area (Å²) >= 11 is 0. The Bertz CT molecular complexity index is 537. The molecule has 108 valence electrons. The molecule has 0 saturated carbocycles. The normalized spacial score (nSPS) is 15.8. The highest BCUT2D eigenvalue weighted by atomic mass is 16.4. The molecule has 1 N–H and O–H groups in total. The van der Waals surface area contributed by atoms with Crippen molar-refractivity contribution in [2.24, 2.45) is 0 Å². The van der Waals surface area contributed by atoms with Gasteiger partial charge in [-0.15, -0.1) is 0 Å². The summed E-state index contributed by atoms with van der Waals surface area (Å²) in [6.45, 7) is 2.70. The minimum absolute atomic E-state index is 0.00192. The Hall–Kier alpha value is -2.31. The predicted molar refractivity (Wildman–Crippen MR) is 68.0 cm³/mol. The fourth-order valence-corrected chi connectivity index (χ4v) is 2.08. The third kappa shape index (κ3) is 2.98. The zero-order valence-corrected chi connectivity index (χ0v) is 11.2. The summed E-state index contributed by atoms with van der Waals surface area (Å²) in [5.74, 6) is -0.995. The maximum Gasteiger partial charge on any atom is 0.338 e. The number of aromatic carboxylic acids is 1. The predicted octanol–water partition coefficient (Wildman–Crippen LogP) is 0.559. The molecule has 1 saturated heterocycles. The number of nitrogens with zero attached hydrogens (tertiary/aromatic N) is 2. The number of furan rings is 1. The first-order valence-corrected chi connectivity index (χ1v) is 6.37. The van der Waals surface area contributed by atoms with Crippen LogP contribution < -0.4 is 0 Å². The van der Waals surface area contributed by atoms with Crippen molar-refractivity contribution in [1.29, 1.82) is 0 Å². The first-order chi connectivity index (χ1) is 9.51. The molecule has 1 fully saturated rings. The molecule has 1 aliphatic heterocycles. The maximum absolute atomic E-state index is 11.9. The topological polar surface area (TPSA) is 91.1 Å². The Morgan fingerprint density at radius 3 is 2.55 bits per heavy atom. The van der Waals surface area contributed by atoms with Crippen molar-refractivity contribution in [3.63, 3.8) is 0 Å². The van der Waals surface area contributed by atoms with Gasteiger partial charge in [-0.2, -0.15) is 0 Å². The molecule has 1 aromatic rings. The Balaban J connectivity index is 2.01. The molecule has 20 heavy (non-hydrogen) atoms. The number of hydrogen-bond donors (Lipinski definition) is 1. The van der Waals surface area contributed by atoms with E-state index in [1.807, 2.05) is 6.92 Å². The summed E-state index contributed by atoms with van der Waals surface area (Å²) < 4.78 is 5.09. The molecule has 0 aromatic carbocycles. The standard InChI is InChI=1S/C13H16N2O5/c1-2-3-14-6-12(17)15(7-11(14)16)5-10-4-9(8-20-10)13(18)19/h4,8H,2-3,5-7H2,1H3,(H,18,19). The van der Waals surface area contributed by atoms with Crippen molar-refractivity contribution >= 4 is 17.8 Å². The number of carboxylic acid groups (broad SMARTS) is 1. The number of hydrogen-bond acceptors (Lipinski definition) is 4. The summed E-state index contributed by atoms with van der Waals surface area (Å²) in [4.78, 5) is 37.4. The molecule has 2 rings (SSSR count). The van der Waals surface area contributed by atoms with Crippen molar-refractivity contribution in [2.45, 2.75) is 19.9 Å². The van der Waals surface area contributed by atoms with Crippen LogP contribution in [0.15, 0.2) is 16.7 Å². The zero-order chi connectivity index (χ0) is 14.7. The summed E-state index contributed by atoms with van der Waals surface area (Å²) in [7, 11) is 0. The smallest absolute Gasteiger partial charge is 0.338 e. The van der Waals surface area contributed by atoms with Gasteiger partial charge in [0.15, 0.2) is 0 Å². The van der Waals surface area contributed by atoms with Crippen molar-refractivity contribution in [1.82, 2.24) is 9.80 Å². The van der Waals surface area contributed by atoms with E-state index < -0.39 is 5.97 Å². The average molecular weight is 280 g/mol. The molecule has 7 nitrogen and oxygen atoms in total. The molecule has 0 spiro atoms. The van der Waals surface area contributed by atoms with E-state index in [0.717, 1.165) is 12.7 Å². The Morgan fingerprint density at radius 1 is 1.30 bits per heavy atom. The first kappa shape index (κ1) is 14.1. The Kier molecular flexibility index (Phi) is 4.07. The van der Waals surface area contributed by atoms with Crippen LogP contribution in [-0.4, -0.2) is 52.3 Å². The lowest BCUT2D eigenvalue weighted by Crippen LogP contribution is -2.53. The highest BCUT2D eigenvalue weighted by Crippen LogP contribution is 2.14. The van der Waals surface area contributed by atoms with Crippen LogP contribution in [0.1, 0.15) is 29.5 Å². The minimum Gasteiger partial charge on any atom is -0.478 e. The van der Waals surface area contributed by atoms with Crippen molar-refractivity contribution < 1.29 is 23.9 Å². The largest absolute Gasteiger partial charge is 0.478 e.